The summed E-state index contributed by atoms with van der Waals surface area (Å²) in [6.07, 6.45) is 67.1. The van der Waals surface area contributed by atoms with Crippen LogP contribution in [0.1, 0.15) is 226 Å². The van der Waals surface area contributed by atoms with Crippen LogP contribution in [0.5, 0.6) is 0 Å². The van der Waals surface area contributed by atoms with Crippen molar-refractivity contribution in [1.29, 1.82) is 0 Å². The number of ether oxygens (including phenoxy) is 1. The molecule has 0 saturated carbocycles. The molecule has 71 heavy (non-hydrogen) atoms. The number of unbranched alkanes of at least 4 members (excludes halogenated alkanes) is 20. The summed E-state index contributed by atoms with van der Waals surface area (Å²) < 4.78 is 30.5. The van der Waals surface area contributed by atoms with E-state index in [-0.39, 0.29) is 37.9 Å². The Hall–Kier alpha value is -3.07. The summed E-state index contributed by atoms with van der Waals surface area (Å²) in [6, 6.07) is -0.891. The van der Waals surface area contributed by atoms with Gasteiger partial charge in [0.05, 0.1) is 33.8 Å². The van der Waals surface area contributed by atoms with Gasteiger partial charge in [-0.1, -0.05) is 215 Å². The maximum absolute atomic E-state index is 13.4. The van der Waals surface area contributed by atoms with Crippen LogP contribution in [-0.4, -0.2) is 74.3 Å². The quantitative estimate of drug-likeness (QED) is 0.0205. The highest BCUT2D eigenvalue weighted by molar-refractivity contribution is 7.47. The monoisotopic (exact) mass is 1010 g/mol. The van der Waals surface area contributed by atoms with E-state index in [2.05, 4.69) is 105 Å². The minimum atomic E-state index is -4.46. The molecule has 0 aliphatic heterocycles. The third-order valence-electron chi connectivity index (χ3n) is 12.0. The van der Waals surface area contributed by atoms with E-state index in [1.807, 2.05) is 39.4 Å². The normalized spacial score (nSPS) is 14.5. The first-order valence-electron chi connectivity index (χ1n) is 28.6. The van der Waals surface area contributed by atoms with E-state index in [9.17, 15) is 19.0 Å². The first-order chi connectivity index (χ1) is 34.4. The number of phosphoric acid groups is 1. The number of likely N-dealkylation sites (N-methyl/N-ethyl adjacent to an activating group) is 1. The summed E-state index contributed by atoms with van der Waals surface area (Å²) in [7, 11) is 1.44. The van der Waals surface area contributed by atoms with Gasteiger partial charge in [-0.25, -0.2) is 4.57 Å². The number of carbonyl (C=O) groups is 2. The summed E-state index contributed by atoms with van der Waals surface area (Å²) >= 11 is 0. The maximum atomic E-state index is 13.4. The third-order valence-corrected chi connectivity index (χ3v) is 13.0. The SMILES string of the molecule is CC/C=C\C/C=C\C/C=C\C/C=C\C/C=C\CCCCCCCC(=O)OC(/C=C\CCCCCCCCCCC)C(COP(=O)(O)OCC[N+](C)(C)C)NC(=O)CC/C=C/C/C=C\CCCCCCCC. The molecule has 0 fully saturated rings. The molecule has 0 bridgehead atoms. The van der Waals surface area contributed by atoms with Gasteiger partial charge in [0, 0.05) is 12.8 Å². The average Bonchev–Trinajstić information content (AvgIpc) is 3.33. The van der Waals surface area contributed by atoms with Crippen LogP contribution >= 0.6 is 7.82 Å². The molecule has 0 aliphatic carbocycles. The summed E-state index contributed by atoms with van der Waals surface area (Å²) in [5, 5.41) is 2.99. The Bertz CT molecular complexity index is 1540. The molecule has 9 nitrogen and oxygen atoms in total. The molecule has 1 amide bonds. The largest absolute Gasteiger partial charge is 0.472 e. The number of esters is 1. The zero-order chi connectivity index (χ0) is 52.2. The number of nitrogens with one attached hydrogen (secondary N) is 1. The van der Waals surface area contributed by atoms with Gasteiger partial charge in [0.15, 0.2) is 0 Å². The van der Waals surface area contributed by atoms with E-state index in [0.29, 0.717) is 23.9 Å². The number of carbonyl (C=O) groups excluding carboxylic acids is 2. The van der Waals surface area contributed by atoms with Gasteiger partial charge in [-0.05, 0) is 96.0 Å². The van der Waals surface area contributed by atoms with Crippen LogP contribution in [0.25, 0.3) is 0 Å². The van der Waals surface area contributed by atoms with Crippen molar-refractivity contribution in [3.05, 3.63) is 97.2 Å². The van der Waals surface area contributed by atoms with Gasteiger partial charge in [-0.2, -0.15) is 0 Å². The van der Waals surface area contributed by atoms with Crippen molar-refractivity contribution in [3.8, 4) is 0 Å². The molecule has 3 atom stereocenters. The molecule has 0 radical (unpaired) electrons. The third kappa shape index (κ3) is 51.6. The van der Waals surface area contributed by atoms with E-state index in [0.717, 1.165) is 96.3 Å². The molecular weight excluding hydrogens is 904 g/mol. The lowest BCUT2D eigenvalue weighted by molar-refractivity contribution is -0.870. The van der Waals surface area contributed by atoms with Crippen molar-refractivity contribution in [3.63, 3.8) is 0 Å². The van der Waals surface area contributed by atoms with Crippen molar-refractivity contribution in [1.82, 2.24) is 5.32 Å². The minimum Gasteiger partial charge on any atom is -0.456 e. The molecular formula is C61H108N2O7P+. The smallest absolute Gasteiger partial charge is 0.456 e. The minimum absolute atomic E-state index is 0.0231. The molecule has 0 saturated heterocycles. The van der Waals surface area contributed by atoms with Gasteiger partial charge < -0.3 is 19.4 Å². The Morgan fingerprint density at radius 1 is 0.507 bits per heavy atom. The Kier molecular flexibility index (Phi) is 48.3. The van der Waals surface area contributed by atoms with E-state index in [4.69, 9.17) is 13.8 Å². The van der Waals surface area contributed by atoms with Gasteiger partial charge in [0.1, 0.15) is 19.3 Å². The van der Waals surface area contributed by atoms with E-state index < -0.39 is 20.0 Å². The highest BCUT2D eigenvalue weighted by atomic mass is 31.2. The molecule has 0 spiro atoms. The molecule has 0 aromatic rings. The first kappa shape index (κ1) is 67.9. The molecule has 0 rings (SSSR count). The Morgan fingerprint density at radius 3 is 1.38 bits per heavy atom. The molecule has 408 valence electrons. The van der Waals surface area contributed by atoms with Crippen molar-refractivity contribution < 1.29 is 37.3 Å². The van der Waals surface area contributed by atoms with Crippen LogP contribution in [-0.2, 0) is 27.9 Å². The number of quaternary nitrogens is 1. The molecule has 0 aromatic carbocycles. The van der Waals surface area contributed by atoms with Gasteiger partial charge in [-0.15, -0.1) is 0 Å². The summed E-state index contributed by atoms with van der Waals surface area (Å²) in [5.74, 6) is -0.613. The zero-order valence-corrected chi connectivity index (χ0v) is 47.3. The Labute approximate surface area is 437 Å². The summed E-state index contributed by atoms with van der Waals surface area (Å²) in [6.45, 7) is 6.80. The number of hydrogen-bond acceptors (Lipinski definition) is 6. The van der Waals surface area contributed by atoms with Crippen LogP contribution in [0.4, 0.5) is 0 Å². The lowest BCUT2D eigenvalue weighted by atomic mass is 10.1. The first-order valence-corrected chi connectivity index (χ1v) is 30.1. The number of rotatable bonds is 50. The number of allylic oxidation sites excluding steroid dienone is 15. The molecule has 3 unspecified atom stereocenters. The lowest BCUT2D eigenvalue weighted by Crippen LogP contribution is -2.47. The number of nitrogens with zero attached hydrogens (tertiary/aromatic N) is 1. The van der Waals surface area contributed by atoms with Crippen molar-refractivity contribution in [2.75, 3.05) is 40.9 Å². The molecule has 2 N–H and O–H groups in total. The summed E-state index contributed by atoms with van der Waals surface area (Å²) in [5.41, 5.74) is 0. The van der Waals surface area contributed by atoms with Crippen LogP contribution in [0.2, 0.25) is 0 Å². The van der Waals surface area contributed by atoms with Gasteiger partial charge in [0.2, 0.25) is 5.91 Å². The van der Waals surface area contributed by atoms with Gasteiger partial charge >= 0.3 is 13.8 Å². The maximum Gasteiger partial charge on any atom is 0.472 e. The fourth-order valence-electron chi connectivity index (χ4n) is 7.60. The van der Waals surface area contributed by atoms with Gasteiger partial charge in [-0.3, -0.25) is 18.6 Å². The second kappa shape index (κ2) is 50.5. The van der Waals surface area contributed by atoms with Crippen molar-refractivity contribution in [2.24, 2.45) is 0 Å². The Balaban J connectivity index is 5.38. The van der Waals surface area contributed by atoms with Crippen LogP contribution in [0, 0.1) is 0 Å². The lowest BCUT2D eigenvalue weighted by Gasteiger charge is -2.27. The van der Waals surface area contributed by atoms with E-state index >= 15 is 0 Å². The number of amides is 1. The number of phosphoric ester groups is 1. The molecule has 0 aliphatic rings. The van der Waals surface area contributed by atoms with Crippen molar-refractivity contribution in [2.45, 2.75) is 238 Å². The number of hydrogen-bond donors (Lipinski definition) is 2. The molecule has 0 aromatic heterocycles. The van der Waals surface area contributed by atoms with Gasteiger partial charge in [0.25, 0.3) is 0 Å². The van der Waals surface area contributed by atoms with E-state index in [1.54, 1.807) is 0 Å². The average molecular weight is 1010 g/mol. The highest BCUT2D eigenvalue weighted by Crippen LogP contribution is 2.43. The zero-order valence-electron chi connectivity index (χ0n) is 46.4. The van der Waals surface area contributed by atoms with Crippen LogP contribution in [0.15, 0.2) is 97.2 Å². The van der Waals surface area contributed by atoms with E-state index in [1.165, 1.54) is 83.5 Å². The second-order valence-electron chi connectivity index (χ2n) is 20.1. The molecule has 10 heteroatoms. The standard InChI is InChI=1S/C61H107N2O7P/c1-7-10-13-16-19-22-25-27-28-29-30-31-32-33-34-36-39-42-45-48-51-54-61(65)70-59(52-49-46-43-40-37-24-21-18-15-12-9-3)58(57-69-71(66,67)68-56-55-63(4,5)6)62-60(64)53-50-47-44-41-38-35-26-23-20-17-14-11-8-2/h10,13,19,22,27-28,30-31,33-35,38,44,47,49,52,58-59H,7-9,11-12,14-18,20-21,23-26,29,32,36-37,39-43,45-46,48,50-51,53-57H2,1-6H3,(H-,62,64,66,67)/p+1/b13-10-,22-19-,28-27-,31-30-,34-33-,38-35-,47-44+,52-49-. The van der Waals surface area contributed by atoms with Crippen LogP contribution in [0.3, 0.4) is 0 Å². The summed E-state index contributed by atoms with van der Waals surface area (Å²) in [4.78, 5) is 37.5. The highest BCUT2D eigenvalue weighted by Gasteiger charge is 2.30. The predicted octanol–water partition coefficient (Wildman–Crippen LogP) is 17.2. The Morgan fingerprint density at radius 2 is 0.915 bits per heavy atom. The fraction of sp³-hybridized carbons (Fsp3) is 0.705. The molecule has 0 heterocycles. The van der Waals surface area contributed by atoms with Crippen LogP contribution < -0.4 is 5.32 Å². The topological polar surface area (TPSA) is 111 Å². The predicted molar refractivity (Wildman–Crippen MR) is 304 cm³/mol. The van der Waals surface area contributed by atoms with Crippen molar-refractivity contribution >= 4 is 19.7 Å². The fourth-order valence-corrected chi connectivity index (χ4v) is 8.34. The second-order valence-corrected chi connectivity index (χ2v) is 21.5.